The van der Waals surface area contributed by atoms with Crippen LogP contribution in [0.2, 0.25) is 0 Å². The van der Waals surface area contributed by atoms with Crippen LogP contribution in [-0.4, -0.2) is 49.4 Å². The van der Waals surface area contributed by atoms with Crippen molar-refractivity contribution in [1.29, 1.82) is 0 Å². The summed E-state index contributed by atoms with van der Waals surface area (Å²) in [5.41, 5.74) is 1.76. The van der Waals surface area contributed by atoms with E-state index in [1.54, 1.807) is 19.2 Å². The standard InChI is InChI=1S/C28H29FNO7S/c1-36-22-12-10-20(11-13-22)6-2-3-19-37-26-16-14-24(30-25(26)15-17-27(31)32)23-9-4-7-21(8-5-18-29)28(23)38(33,34)35/h4,7-17H,2-3,5-6,18-19H2,1H3,(H,31,32)(H,33,34,35)/b17-15+. The molecule has 3 rings (SSSR count). The van der Waals surface area contributed by atoms with Crippen LogP contribution in [0.4, 0.5) is 4.39 Å². The number of hydrogen-bond donors (Lipinski definition) is 2. The molecule has 201 valence electrons. The Morgan fingerprint density at radius 1 is 1.08 bits per heavy atom. The first-order valence-corrected chi connectivity index (χ1v) is 13.3. The van der Waals surface area contributed by atoms with E-state index in [1.165, 1.54) is 36.3 Å². The molecule has 0 atom stereocenters. The molecule has 1 heterocycles. The number of aromatic nitrogens is 1. The number of halogens is 1. The number of ether oxygens (including phenoxy) is 2. The summed E-state index contributed by atoms with van der Waals surface area (Å²) >= 11 is 0. The number of aryl methyl sites for hydroxylation is 1. The van der Waals surface area contributed by atoms with Gasteiger partial charge in [0.05, 0.1) is 26.1 Å². The topological polar surface area (TPSA) is 123 Å². The Labute approximate surface area is 221 Å². The van der Waals surface area contributed by atoms with Gasteiger partial charge in [-0.1, -0.05) is 30.3 Å². The molecule has 0 aliphatic heterocycles. The van der Waals surface area contributed by atoms with Crippen LogP contribution in [-0.2, 0) is 21.3 Å². The second-order valence-electron chi connectivity index (χ2n) is 8.29. The highest BCUT2D eigenvalue weighted by Gasteiger charge is 2.22. The summed E-state index contributed by atoms with van der Waals surface area (Å²) in [5, 5.41) is 9.10. The van der Waals surface area contributed by atoms with Gasteiger partial charge in [0, 0.05) is 11.6 Å². The molecule has 0 saturated heterocycles. The van der Waals surface area contributed by atoms with E-state index in [9.17, 15) is 22.2 Å². The summed E-state index contributed by atoms with van der Waals surface area (Å²) < 4.78 is 58.1. The maximum absolute atomic E-state index is 12.7. The summed E-state index contributed by atoms with van der Waals surface area (Å²) in [7, 11) is -3.07. The molecule has 3 aromatic rings. The first-order chi connectivity index (χ1) is 18.2. The molecule has 2 N–H and O–H groups in total. The van der Waals surface area contributed by atoms with Crippen molar-refractivity contribution in [3.8, 4) is 22.8 Å². The highest BCUT2D eigenvalue weighted by atomic mass is 32.2. The maximum Gasteiger partial charge on any atom is 0.328 e. The average Bonchev–Trinajstić information content (AvgIpc) is 2.90. The number of methoxy groups -OCH3 is 1. The fourth-order valence-electron chi connectivity index (χ4n) is 3.82. The zero-order valence-corrected chi connectivity index (χ0v) is 21.7. The second-order valence-corrected chi connectivity index (χ2v) is 9.64. The number of carboxylic acid groups (broad SMARTS) is 1. The summed E-state index contributed by atoms with van der Waals surface area (Å²) in [5.74, 6) is -0.0726. The van der Waals surface area contributed by atoms with Gasteiger partial charge in [0.15, 0.2) is 0 Å². The SMILES string of the molecule is COc1ccc(CCCCOc2ccc(-c3cccc([CH]CCF)c3S(=O)(=O)O)nc2/C=C/C(=O)O)cc1. The Kier molecular flexibility index (Phi) is 10.4. The molecule has 0 fully saturated rings. The summed E-state index contributed by atoms with van der Waals surface area (Å²) in [6.07, 6.45) is 5.94. The van der Waals surface area contributed by atoms with E-state index >= 15 is 0 Å². The smallest absolute Gasteiger partial charge is 0.328 e. The van der Waals surface area contributed by atoms with Crippen LogP contribution in [0.1, 0.15) is 36.1 Å². The molecule has 0 spiro atoms. The van der Waals surface area contributed by atoms with Crippen molar-refractivity contribution in [3.05, 3.63) is 83.9 Å². The number of alkyl halides is 1. The third kappa shape index (κ3) is 8.12. The van der Waals surface area contributed by atoms with Crippen molar-refractivity contribution in [2.45, 2.75) is 30.6 Å². The van der Waals surface area contributed by atoms with Gasteiger partial charge >= 0.3 is 5.97 Å². The molecule has 0 amide bonds. The molecular weight excluding hydrogens is 513 g/mol. The lowest BCUT2D eigenvalue weighted by molar-refractivity contribution is -0.131. The Balaban J connectivity index is 1.81. The Hall–Kier alpha value is -3.76. The molecular formula is C28H29FNO7S. The van der Waals surface area contributed by atoms with Crippen molar-refractivity contribution in [2.24, 2.45) is 0 Å². The van der Waals surface area contributed by atoms with Crippen LogP contribution in [0, 0.1) is 6.42 Å². The number of nitrogens with zero attached hydrogens (tertiary/aromatic N) is 1. The molecule has 1 aromatic heterocycles. The van der Waals surface area contributed by atoms with Crippen molar-refractivity contribution in [1.82, 2.24) is 4.98 Å². The van der Waals surface area contributed by atoms with E-state index in [2.05, 4.69) is 4.98 Å². The van der Waals surface area contributed by atoms with E-state index in [0.29, 0.717) is 12.4 Å². The van der Waals surface area contributed by atoms with Gasteiger partial charge in [-0.15, -0.1) is 0 Å². The van der Waals surface area contributed by atoms with Crippen LogP contribution in [0.15, 0.2) is 65.6 Å². The van der Waals surface area contributed by atoms with E-state index in [0.717, 1.165) is 31.1 Å². The van der Waals surface area contributed by atoms with Gasteiger partial charge in [-0.25, -0.2) is 9.78 Å². The van der Waals surface area contributed by atoms with Crippen molar-refractivity contribution >= 4 is 22.2 Å². The van der Waals surface area contributed by atoms with Gasteiger partial charge in [0.1, 0.15) is 22.1 Å². The monoisotopic (exact) mass is 542 g/mol. The lowest BCUT2D eigenvalue weighted by Crippen LogP contribution is -2.07. The molecule has 0 saturated carbocycles. The normalized spacial score (nSPS) is 11.6. The highest BCUT2D eigenvalue weighted by Crippen LogP contribution is 2.32. The molecule has 0 aliphatic rings. The maximum atomic E-state index is 12.7. The molecule has 8 nitrogen and oxygen atoms in total. The second kappa shape index (κ2) is 13.7. The number of benzene rings is 2. The van der Waals surface area contributed by atoms with Crippen LogP contribution >= 0.6 is 0 Å². The number of rotatable bonds is 14. The zero-order chi connectivity index (χ0) is 27.5. The number of carboxylic acids is 1. The van der Waals surface area contributed by atoms with Crippen LogP contribution < -0.4 is 9.47 Å². The third-order valence-corrected chi connectivity index (χ3v) is 6.57. The predicted octanol–water partition coefficient (Wildman–Crippen LogP) is 5.42. The largest absolute Gasteiger partial charge is 0.497 e. The van der Waals surface area contributed by atoms with E-state index in [1.807, 2.05) is 24.3 Å². The van der Waals surface area contributed by atoms with Crippen LogP contribution in [0.25, 0.3) is 17.3 Å². The number of aliphatic carboxylic acids is 1. The van der Waals surface area contributed by atoms with Gasteiger partial charge in [0.25, 0.3) is 10.1 Å². The summed E-state index contributed by atoms with van der Waals surface area (Å²) in [4.78, 5) is 15.2. The molecule has 0 unspecified atom stereocenters. The lowest BCUT2D eigenvalue weighted by atomic mass is 10.0. The zero-order valence-electron chi connectivity index (χ0n) is 20.8. The lowest BCUT2D eigenvalue weighted by Gasteiger charge is -2.14. The van der Waals surface area contributed by atoms with Crippen LogP contribution in [0.5, 0.6) is 11.5 Å². The van der Waals surface area contributed by atoms with Crippen LogP contribution in [0.3, 0.4) is 0 Å². The first kappa shape index (κ1) is 28.8. The fourth-order valence-corrected chi connectivity index (χ4v) is 4.72. The third-order valence-electron chi connectivity index (χ3n) is 5.60. The van der Waals surface area contributed by atoms with Crippen molar-refractivity contribution < 1.29 is 36.7 Å². The summed E-state index contributed by atoms with van der Waals surface area (Å²) in [6, 6.07) is 15.4. The average molecular weight is 543 g/mol. The van der Waals surface area contributed by atoms with Gasteiger partial charge in [-0.3, -0.25) is 8.94 Å². The minimum Gasteiger partial charge on any atom is -0.497 e. The Bertz CT molecular complexity index is 1370. The molecule has 1 radical (unpaired) electrons. The van der Waals surface area contributed by atoms with Gasteiger partial charge in [-0.2, -0.15) is 8.42 Å². The quantitative estimate of drug-likeness (QED) is 0.157. The Morgan fingerprint density at radius 2 is 1.84 bits per heavy atom. The minimum atomic E-state index is -4.68. The highest BCUT2D eigenvalue weighted by molar-refractivity contribution is 7.86. The summed E-state index contributed by atoms with van der Waals surface area (Å²) in [6.45, 7) is -0.335. The number of carbonyl (C=O) groups is 1. The van der Waals surface area contributed by atoms with Crippen molar-refractivity contribution in [3.63, 3.8) is 0 Å². The van der Waals surface area contributed by atoms with E-state index in [4.69, 9.17) is 14.6 Å². The molecule has 10 heteroatoms. The van der Waals surface area contributed by atoms with Gasteiger partial charge in [0.2, 0.25) is 0 Å². The molecule has 2 aromatic carbocycles. The number of hydrogen-bond acceptors (Lipinski definition) is 6. The first-order valence-electron chi connectivity index (χ1n) is 11.9. The minimum absolute atomic E-state index is 0.0305. The fraction of sp³-hybridized carbons (Fsp3) is 0.250. The predicted molar refractivity (Wildman–Crippen MR) is 142 cm³/mol. The van der Waals surface area contributed by atoms with Gasteiger partial charge < -0.3 is 14.6 Å². The number of pyridine rings is 1. The Morgan fingerprint density at radius 3 is 2.50 bits per heavy atom. The molecule has 0 bridgehead atoms. The van der Waals surface area contributed by atoms with Gasteiger partial charge in [-0.05, 0) is 73.6 Å². The van der Waals surface area contributed by atoms with E-state index in [-0.39, 0.29) is 28.9 Å². The van der Waals surface area contributed by atoms with Crippen molar-refractivity contribution in [2.75, 3.05) is 20.4 Å². The molecule has 38 heavy (non-hydrogen) atoms. The molecule has 0 aliphatic carbocycles. The number of unbranched alkanes of at least 4 members (excludes halogenated alkanes) is 1. The van der Waals surface area contributed by atoms with E-state index < -0.39 is 27.7 Å².